The zero-order valence-corrected chi connectivity index (χ0v) is 14.2. The van der Waals surface area contributed by atoms with Gasteiger partial charge in [0.2, 0.25) is 0 Å². The first-order chi connectivity index (χ1) is 10.1. The van der Waals surface area contributed by atoms with Gasteiger partial charge in [-0.25, -0.2) is 0 Å². The molecule has 2 rings (SSSR count). The molecule has 1 N–H and O–H groups in total. The predicted octanol–water partition coefficient (Wildman–Crippen LogP) is 4.55. The van der Waals surface area contributed by atoms with E-state index in [1.165, 1.54) is 24.8 Å². The van der Waals surface area contributed by atoms with Crippen molar-refractivity contribution in [2.24, 2.45) is 17.8 Å². The Morgan fingerprint density at radius 1 is 1.29 bits per heavy atom. The number of hydrogen-bond donors (Lipinski definition) is 1. The average Bonchev–Trinajstić information content (AvgIpc) is 2.86. The summed E-state index contributed by atoms with van der Waals surface area (Å²) in [7, 11) is 1.74. The summed E-state index contributed by atoms with van der Waals surface area (Å²) in [6.07, 6.45) is 5.10. The predicted molar refractivity (Wildman–Crippen MR) is 90.2 cm³/mol. The molecule has 1 aromatic carbocycles. The van der Waals surface area contributed by atoms with Crippen molar-refractivity contribution in [2.45, 2.75) is 39.5 Å². The van der Waals surface area contributed by atoms with Gasteiger partial charge in [0.05, 0.1) is 7.11 Å². The molecule has 3 heteroatoms. The van der Waals surface area contributed by atoms with E-state index in [-0.39, 0.29) is 0 Å². The highest BCUT2D eigenvalue weighted by Gasteiger charge is 2.27. The van der Waals surface area contributed by atoms with Crippen LogP contribution in [0.1, 0.15) is 38.7 Å². The molecule has 1 aliphatic rings. The molecule has 2 nitrogen and oxygen atoms in total. The minimum Gasteiger partial charge on any atom is -0.496 e. The number of benzene rings is 1. The van der Waals surface area contributed by atoms with Crippen LogP contribution >= 0.6 is 11.6 Å². The number of methoxy groups -OCH3 is 1. The van der Waals surface area contributed by atoms with E-state index in [0.717, 1.165) is 48.0 Å². The second-order valence-corrected chi connectivity index (χ2v) is 7.10. The Hall–Kier alpha value is -0.730. The normalized spacial score (nSPS) is 22.0. The third kappa shape index (κ3) is 4.89. The van der Waals surface area contributed by atoms with Crippen LogP contribution in [0.4, 0.5) is 0 Å². The number of nitrogens with one attached hydrogen (secondary N) is 1. The Bertz CT molecular complexity index is 447. The lowest BCUT2D eigenvalue weighted by Crippen LogP contribution is -2.29. The smallest absolute Gasteiger partial charge is 0.122 e. The van der Waals surface area contributed by atoms with E-state index in [1.54, 1.807) is 7.11 Å². The lowest BCUT2D eigenvalue weighted by molar-refractivity contribution is 0.349. The van der Waals surface area contributed by atoms with Gasteiger partial charge in [-0.05, 0) is 73.9 Å². The third-order valence-electron chi connectivity index (χ3n) is 4.50. The van der Waals surface area contributed by atoms with Gasteiger partial charge in [0, 0.05) is 5.02 Å². The van der Waals surface area contributed by atoms with Gasteiger partial charge in [-0.15, -0.1) is 0 Å². The number of rotatable bonds is 7. The van der Waals surface area contributed by atoms with Gasteiger partial charge >= 0.3 is 0 Å². The molecule has 118 valence electrons. The summed E-state index contributed by atoms with van der Waals surface area (Å²) >= 11 is 6.15. The van der Waals surface area contributed by atoms with E-state index in [2.05, 4.69) is 25.2 Å². The van der Waals surface area contributed by atoms with E-state index in [0.29, 0.717) is 0 Å². The number of hydrogen-bond acceptors (Lipinski definition) is 2. The molecule has 0 aromatic heterocycles. The summed E-state index contributed by atoms with van der Waals surface area (Å²) in [5.74, 6) is 3.22. The average molecular weight is 310 g/mol. The highest BCUT2D eigenvalue weighted by Crippen LogP contribution is 2.36. The molecule has 0 aliphatic heterocycles. The van der Waals surface area contributed by atoms with Crippen LogP contribution in [0, 0.1) is 17.8 Å². The van der Waals surface area contributed by atoms with Gasteiger partial charge in [0.25, 0.3) is 0 Å². The SMILES string of the molecule is COc1ccc(Cl)cc1CC1CCCC1CNCC(C)C. The van der Waals surface area contributed by atoms with Gasteiger partial charge in [-0.3, -0.25) is 0 Å². The minimum atomic E-state index is 0.720. The van der Waals surface area contributed by atoms with Gasteiger partial charge in [0.1, 0.15) is 5.75 Å². The van der Waals surface area contributed by atoms with Crippen molar-refractivity contribution in [3.8, 4) is 5.75 Å². The molecule has 0 amide bonds. The van der Waals surface area contributed by atoms with E-state index in [1.807, 2.05) is 12.1 Å². The third-order valence-corrected chi connectivity index (χ3v) is 4.74. The van der Waals surface area contributed by atoms with Crippen molar-refractivity contribution < 1.29 is 4.74 Å². The van der Waals surface area contributed by atoms with E-state index < -0.39 is 0 Å². The maximum absolute atomic E-state index is 6.15. The summed E-state index contributed by atoms with van der Waals surface area (Å²) in [6, 6.07) is 5.95. The maximum atomic E-state index is 6.15. The van der Waals surface area contributed by atoms with Crippen LogP contribution in [0.3, 0.4) is 0 Å². The van der Waals surface area contributed by atoms with Crippen LogP contribution in [0.25, 0.3) is 0 Å². The second kappa shape index (κ2) is 8.05. The molecular formula is C18H28ClNO. The lowest BCUT2D eigenvalue weighted by Gasteiger charge is -2.22. The molecule has 1 aromatic rings. The lowest BCUT2D eigenvalue weighted by atomic mass is 9.89. The van der Waals surface area contributed by atoms with Crippen molar-refractivity contribution >= 4 is 11.6 Å². The summed E-state index contributed by atoms with van der Waals surface area (Å²) in [6.45, 7) is 6.78. The van der Waals surface area contributed by atoms with Crippen LogP contribution in [-0.2, 0) is 6.42 Å². The zero-order chi connectivity index (χ0) is 15.2. The monoisotopic (exact) mass is 309 g/mol. The first-order valence-electron chi connectivity index (χ1n) is 8.13. The Balaban J connectivity index is 1.96. The molecule has 0 bridgehead atoms. The Kier molecular flexibility index (Phi) is 6.38. The zero-order valence-electron chi connectivity index (χ0n) is 13.5. The fraction of sp³-hybridized carbons (Fsp3) is 0.667. The van der Waals surface area contributed by atoms with E-state index in [9.17, 15) is 0 Å². The summed E-state index contributed by atoms with van der Waals surface area (Å²) in [4.78, 5) is 0. The Morgan fingerprint density at radius 2 is 2.05 bits per heavy atom. The van der Waals surface area contributed by atoms with Gasteiger partial charge < -0.3 is 10.1 Å². The fourth-order valence-electron chi connectivity index (χ4n) is 3.40. The minimum absolute atomic E-state index is 0.720. The summed E-state index contributed by atoms with van der Waals surface area (Å²) < 4.78 is 5.48. The van der Waals surface area contributed by atoms with Crippen LogP contribution < -0.4 is 10.1 Å². The Labute approximate surface area is 134 Å². The molecule has 2 unspecified atom stereocenters. The number of halogens is 1. The molecule has 21 heavy (non-hydrogen) atoms. The van der Waals surface area contributed by atoms with E-state index >= 15 is 0 Å². The van der Waals surface area contributed by atoms with Crippen LogP contribution in [-0.4, -0.2) is 20.2 Å². The first kappa shape index (κ1) is 16.6. The first-order valence-corrected chi connectivity index (χ1v) is 8.51. The second-order valence-electron chi connectivity index (χ2n) is 6.66. The fourth-order valence-corrected chi connectivity index (χ4v) is 3.59. The van der Waals surface area contributed by atoms with Crippen molar-refractivity contribution in [2.75, 3.05) is 20.2 Å². The van der Waals surface area contributed by atoms with Crippen molar-refractivity contribution in [1.82, 2.24) is 5.32 Å². The van der Waals surface area contributed by atoms with Crippen molar-refractivity contribution in [1.29, 1.82) is 0 Å². The topological polar surface area (TPSA) is 21.3 Å². The molecule has 0 heterocycles. The van der Waals surface area contributed by atoms with Crippen molar-refractivity contribution in [3.05, 3.63) is 28.8 Å². The Morgan fingerprint density at radius 3 is 2.76 bits per heavy atom. The number of ether oxygens (including phenoxy) is 1. The van der Waals surface area contributed by atoms with Crippen LogP contribution in [0.2, 0.25) is 5.02 Å². The molecular weight excluding hydrogens is 282 g/mol. The summed E-state index contributed by atoms with van der Waals surface area (Å²) in [5, 5.41) is 4.43. The van der Waals surface area contributed by atoms with Gasteiger partial charge in [0.15, 0.2) is 0 Å². The molecule has 0 saturated heterocycles. The molecule has 1 aliphatic carbocycles. The molecule has 0 radical (unpaired) electrons. The standard InChI is InChI=1S/C18H28ClNO/c1-13(2)11-20-12-15-6-4-5-14(15)9-16-10-17(19)7-8-18(16)21-3/h7-8,10,13-15,20H,4-6,9,11-12H2,1-3H3. The van der Waals surface area contributed by atoms with Crippen LogP contribution in [0.15, 0.2) is 18.2 Å². The van der Waals surface area contributed by atoms with E-state index in [4.69, 9.17) is 16.3 Å². The maximum Gasteiger partial charge on any atom is 0.122 e. The highest BCUT2D eigenvalue weighted by molar-refractivity contribution is 6.30. The molecule has 2 atom stereocenters. The van der Waals surface area contributed by atoms with Gasteiger partial charge in [-0.2, -0.15) is 0 Å². The van der Waals surface area contributed by atoms with Crippen molar-refractivity contribution in [3.63, 3.8) is 0 Å². The molecule has 1 fully saturated rings. The highest BCUT2D eigenvalue weighted by atomic mass is 35.5. The largest absolute Gasteiger partial charge is 0.496 e. The molecule has 1 saturated carbocycles. The molecule has 0 spiro atoms. The van der Waals surface area contributed by atoms with Gasteiger partial charge in [-0.1, -0.05) is 31.9 Å². The quantitative estimate of drug-likeness (QED) is 0.797. The van der Waals surface area contributed by atoms with Crippen LogP contribution in [0.5, 0.6) is 5.75 Å². The summed E-state index contributed by atoms with van der Waals surface area (Å²) in [5.41, 5.74) is 1.26.